The van der Waals surface area contributed by atoms with Crippen LogP contribution in [0.25, 0.3) is 10.9 Å². The molecule has 7 heteroatoms. The van der Waals surface area contributed by atoms with Gasteiger partial charge in [0.05, 0.1) is 11.3 Å². The average molecular weight is 514 g/mol. The first-order valence-electron chi connectivity index (χ1n) is 12.4. The molecule has 0 amide bonds. The van der Waals surface area contributed by atoms with Gasteiger partial charge in [0.25, 0.3) is 5.78 Å². The molecule has 4 rings (SSSR count). The van der Waals surface area contributed by atoms with Crippen molar-refractivity contribution in [2.24, 2.45) is 0 Å². The fraction of sp³-hybridized carbons (Fsp3) is 0.258. The Morgan fingerprint density at radius 2 is 1.55 bits per heavy atom. The van der Waals surface area contributed by atoms with Gasteiger partial charge in [0.2, 0.25) is 0 Å². The van der Waals surface area contributed by atoms with E-state index in [9.17, 15) is 19.5 Å². The van der Waals surface area contributed by atoms with Crippen molar-refractivity contribution in [1.82, 2.24) is 4.57 Å². The van der Waals surface area contributed by atoms with Crippen molar-refractivity contribution >= 4 is 28.6 Å². The summed E-state index contributed by atoms with van der Waals surface area (Å²) in [5, 5.41) is 10.1. The van der Waals surface area contributed by atoms with Gasteiger partial charge in [-0.3, -0.25) is 9.59 Å². The van der Waals surface area contributed by atoms with E-state index < -0.39 is 17.7 Å². The van der Waals surface area contributed by atoms with E-state index in [0.29, 0.717) is 35.5 Å². The lowest BCUT2D eigenvalue weighted by atomic mass is 9.87. The zero-order valence-electron chi connectivity index (χ0n) is 22.0. The molecule has 0 unspecified atom stereocenters. The molecule has 0 radical (unpaired) electrons. The van der Waals surface area contributed by atoms with Crippen LogP contribution < -0.4 is 4.74 Å². The number of benzene rings is 3. The summed E-state index contributed by atoms with van der Waals surface area (Å²) >= 11 is 0. The van der Waals surface area contributed by atoms with Crippen molar-refractivity contribution in [2.45, 2.75) is 52.9 Å². The molecule has 0 aliphatic heterocycles. The maximum absolute atomic E-state index is 12.9. The van der Waals surface area contributed by atoms with Gasteiger partial charge in [0.1, 0.15) is 19.0 Å². The average Bonchev–Trinajstić information content (AvgIpc) is 3.18. The van der Waals surface area contributed by atoms with Crippen LogP contribution in [0.3, 0.4) is 0 Å². The van der Waals surface area contributed by atoms with Gasteiger partial charge in [-0.2, -0.15) is 0 Å². The summed E-state index contributed by atoms with van der Waals surface area (Å²) in [4.78, 5) is 36.4. The minimum absolute atomic E-state index is 0.00358. The van der Waals surface area contributed by atoms with Crippen LogP contribution in [0.15, 0.2) is 72.8 Å². The third-order valence-electron chi connectivity index (χ3n) is 6.38. The van der Waals surface area contributed by atoms with Crippen LogP contribution in [0.2, 0.25) is 0 Å². The van der Waals surface area contributed by atoms with Crippen molar-refractivity contribution in [3.8, 4) is 5.75 Å². The number of carbonyl (C=O) groups excluding carboxylic acids is 2. The zero-order valence-corrected chi connectivity index (χ0v) is 22.0. The van der Waals surface area contributed by atoms with Crippen molar-refractivity contribution in [1.29, 1.82) is 0 Å². The highest BCUT2D eigenvalue weighted by atomic mass is 16.5. The zero-order chi connectivity index (χ0) is 27.4. The van der Waals surface area contributed by atoms with Gasteiger partial charge in [-0.05, 0) is 40.3 Å². The molecule has 0 aliphatic rings. The van der Waals surface area contributed by atoms with Crippen molar-refractivity contribution in [3.05, 3.63) is 101 Å². The molecule has 38 heavy (non-hydrogen) atoms. The fourth-order valence-corrected chi connectivity index (χ4v) is 4.37. The van der Waals surface area contributed by atoms with Crippen LogP contribution in [0.5, 0.6) is 5.75 Å². The summed E-state index contributed by atoms with van der Waals surface area (Å²) in [5.74, 6) is -2.69. The molecule has 0 bridgehead atoms. The predicted molar refractivity (Wildman–Crippen MR) is 144 cm³/mol. The molecular weight excluding hydrogens is 482 g/mol. The number of esters is 1. The minimum atomic E-state index is -1.58. The van der Waals surface area contributed by atoms with E-state index >= 15 is 0 Å². The van der Waals surface area contributed by atoms with Gasteiger partial charge in [-0.15, -0.1) is 0 Å². The highest BCUT2D eigenvalue weighted by Gasteiger charge is 2.28. The number of hydrogen-bond donors (Lipinski definition) is 1. The van der Waals surface area contributed by atoms with Crippen LogP contribution in [-0.4, -0.2) is 27.4 Å². The lowest BCUT2D eigenvalue weighted by Crippen LogP contribution is -2.17. The Bertz CT molecular complexity index is 1480. The fourth-order valence-electron chi connectivity index (χ4n) is 4.37. The van der Waals surface area contributed by atoms with Gasteiger partial charge in [-0.25, -0.2) is 4.79 Å². The van der Waals surface area contributed by atoms with Crippen LogP contribution in [0.1, 0.15) is 60.4 Å². The summed E-state index contributed by atoms with van der Waals surface area (Å²) in [6, 6.07) is 23.0. The van der Waals surface area contributed by atoms with E-state index in [1.54, 1.807) is 18.2 Å². The van der Waals surface area contributed by atoms with Gasteiger partial charge < -0.3 is 19.1 Å². The Balaban J connectivity index is 1.81. The number of fused-ring (bicyclic) bond motifs is 1. The first kappa shape index (κ1) is 26.7. The standard InChI is InChI=1S/C31H31NO6/c1-20(33)37-19-27-28(29(34)30(35)36)25-16-24(38-18-22-8-6-5-7-9-22)14-15-26(25)32(27)17-21-10-12-23(13-11-21)31(2,3)4/h5-16H,17-19H2,1-4H3,(H,35,36). The van der Waals surface area contributed by atoms with Gasteiger partial charge in [0, 0.05) is 24.4 Å². The lowest BCUT2D eigenvalue weighted by molar-refractivity contribution is -0.142. The van der Waals surface area contributed by atoms with E-state index in [-0.39, 0.29) is 17.6 Å². The van der Waals surface area contributed by atoms with E-state index in [1.807, 2.05) is 47.0 Å². The highest BCUT2D eigenvalue weighted by molar-refractivity contribution is 6.42. The molecule has 0 aliphatic carbocycles. The van der Waals surface area contributed by atoms with Crippen LogP contribution >= 0.6 is 0 Å². The second-order valence-electron chi connectivity index (χ2n) is 10.2. The summed E-state index contributed by atoms with van der Waals surface area (Å²) in [6.45, 7) is 8.12. The number of aliphatic carboxylic acids is 1. The third kappa shape index (κ3) is 5.94. The van der Waals surface area contributed by atoms with Crippen molar-refractivity contribution in [3.63, 3.8) is 0 Å². The number of ether oxygens (including phenoxy) is 2. The van der Waals surface area contributed by atoms with E-state index in [2.05, 4.69) is 32.9 Å². The normalized spacial score (nSPS) is 11.4. The van der Waals surface area contributed by atoms with Crippen molar-refractivity contribution in [2.75, 3.05) is 0 Å². The molecule has 3 aromatic carbocycles. The minimum Gasteiger partial charge on any atom is -0.489 e. The largest absolute Gasteiger partial charge is 0.489 e. The summed E-state index contributed by atoms with van der Waals surface area (Å²) in [5.41, 5.74) is 4.06. The van der Waals surface area contributed by atoms with Gasteiger partial charge >= 0.3 is 11.9 Å². The molecule has 0 saturated carbocycles. The number of carboxylic acids is 1. The summed E-state index contributed by atoms with van der Waals surface area (Å²) < 4.78 is 13.1. The topological polar surface area (TPSA) is 94.8 Å². The Morgan fingerprint density at radius 1 is 0.868 bits per heavy atom. The number of carbonyl (C=O) groups is 3. The molecule has 1 heterocycles. The van der Waals surface area contributed by atoms with Gasteiger partial charge in [0.15, 0.2) is 0 Å². The molecule has 1 aromatic heterocycles. The lowest BCUT2D eigenvalue weighted by Gasteiger charge is -2.19. The number of rotatable bonds is 9. The Labute approximate surface area is 221 Å². The molecule has 0 fully saturated rings. The molecule has 196 valence electrons. The first-order chi connectivity index (χ1) is 18.0. The maximum Gasteiger partial charge on any atom is 0.377 e. The Kier molecular flexibility index (Phi) is 7.67. The highest BCUT2D eigenvalue weighted by Crippen LogP contribution is 2.32. The Morgan fingerprint density at radius 3 is 2.16 bits per heavy atom. The maximum atomic E-state index is 12.9. The first-order valence-corrected chi connectivity index (χ1v) is 12.4. The number of hydrogen-bond acceptors (Lipinski definition) is 5. The third-order valence-corrected chi connectivity index (χ3v) is 6.38. The quantitative estimate of drug-likeness (QED) is 0.170. The second-order valence-corrected chi connectivity index (χ2v) is 10.2. The molecular formula is C31H31NO6. The van der Waals surface area contributed by atoms with Crippen LogP contribution in [0, 0.1) is 0 Å². The van der Waals surface area contributed by atoms with Crippen molar-refractivity contribution < 1.29 is 29.0 Å². The molecule has 1 N–H and O–H groups in total. The number of ketones is 1. The number of nitrogens with zero attached hydrogens (tertiary/aromatic N) is 1. The van der Waals surface area contributed by atoms with E-state index in [4.69, 9.17) is 9.47 Å². The number of carboxylic acid groups (broad SMARTS) is 1. The van der Waals surface area contributed by atoms with Crippen LogP contribution in [-0.2, 0) is 39.5 Å². The summed E-state index contributed by atoms with van der Waals surface area (Å²) in [6.07, 6.45) is 0. The summed E-state index contributed by atoms with van der Waals surface area (Å²) in [7, 11) is 0. The monoisotopic (exact) mass is 513 g/mol. The number of aromatic nitrogens is 1. The SMILES string of the molecule is CC(=O)OCc1c(C(=O)C(=O)O)c2cc(OCc3ccccc3)ccc2n1Cc1ccc(C(C)(C)C)cc1. The van der Waals surface area contributed by atoms with Crippen LogP contribution in [0.4, 0.5) is 0 Å². The van der Waals surface area contributed by atoms with E-state index in [0.717, 1.165) is 11.1 Å². The molecule has 7 nitrogen and oxygen atoms in total. The predicted octanol–water partition coefficient (Wildman–Crippen LogP) is 5.90. The van der Waals surface area contributed by atoms with Gasteiger partial charge in [-0.1, -0.05) is 75.4 Å². The second kappa shape index (κ2) is 10.9. The Hall–Kier alpha value is -4.39. The molecule has 0 spiro atoms. The molecule has 4 aromatic rings. The van der Waals surface area contributed by atoms with E-state index in [1.165, 1.54) is 12.5 Å². The molecule has 0 saturated heterocycles. The number of Topliss-reactive ketones (excluding diaryl/α,β-unsaturated/α-hetero) is 1. The molecule has 0 atom stereocenters. The smallest absolute Gasteiger partial charge is 0.377 e.